The molecule has 0 aromatic heterocycles. The van der Waals surface area contributed by atoms with Crippen molar-refractivity contribution in [3.63, 3.8) is 0 Å². The van der Waals surface area contributed by atoms with Crippen molar-refractivity contribution in [2.45, 2.75) is 0 Å². The smallest absolute Gasteiger partial charge is 0.870 e. The van der Waals surface area contributed by atoms with Crippen LogP contribution in [0.4, 0.5) is 0 Å². The van der Waals surface area contributed by atoms with Crippen molar-refractivity contribution < 1.29 is 67.2 Å². The van der Waals surface area contributed by atoms with Crippen LogP contribution in [0.15, 0.2) is 0 Å². The van der Waals surface area contributed by atoms with Crippen molar-refractivity contribution in [2.24, 2.45) is 0 Å². The van der Waals surface area contributed by atoms with E-state index in [9.17, 15) is 0 Å². The van der Waals surface area contributed by atoms with Crippen LogP contribution in [0.5, 0.6) is 0 Å². The van der Waals surface area contributed by atoms with Gasteiger partial charge in [-0.25, -0.2) is 4.21 Å². The average Bonchev–Trinajstić information content (AvgIpc) is 0.811. The van der Waals surface area contributed by atoms with E-state index >= 15 is 0 Å². The fraction of sp³-hybridized carbons (Fsp3) is 0. The molecule has 2 N–H and O–H groups in total. The van der Waals surface area contributed by atoms with E-state index in [-0.39, 0.29) is 53.9 Å². The topological polar surface area (TPSA) is 90.4 Å². The van der Waals surface area contributed by atoms with Crippen molar-refractivity contribution in [2.75, 3.05) is 0 Å². The van der Waals surface area contributed by atoms with Crippen molar-refractivity contribution in [3.05, 3.63) is 0 Å². The molecule has 7 heavy (non-hydrogen) atoms. The van der Waals surface area contributed by atoms with Crippen LogP contribution in [0.2, 0.25) is 0 Å². The summed E-state index contributed by atoms with van der Waals surface area (Å²) >= 11 is -2.86. The van der Waals surface area contributed by atoms with Crippen molar-refractivity contribution >= 4 is 11.4 Å². The molecule has 0 saturated carbocycles. The van der Waals surface area contributed by atoms with E-state index in [2.05, 4.69) is 0 Å². The molecule has 0 aromatic rings. The Kier molecular flexibility index (Phi) is 52.4. The molecular formula is H2LiNaO4S. The van der Waals surface area contributed by atoms with Gasteiger partial charge in [0.25, 0.3) is 0 Å². The Labute approximate surface area is 77.9 Å². The van der Waals surface area contributed by atoms with E-state index in [1.807, 2.05) is 0 Å². The zero-order valence-electron chi connectivity index (χ0n) is 4.12. The maximum Gasteiger partial charge on any atom is 1.00 e. The maximum atomic E-state index is 8.56. The largest absolute Gasteiger partial charge is 1.00 e. The molecule has 0 spiro atoms. The van der Waals surface area contributed by atoms with Crippen LogP contribution in [0.1, 0.15) is 0 Å². The minimum atomic E-state index is -2.86. The molecule has 0 bridgehead atoms. The van der Waals surface area contributed by atoms with Crippen LogP contribution in [-0.4, -0.2) is 18.8 Å². The molecule has 1 atom stereocenters. The van der Waals surface area contributed by atoms with Gasteiger partial charge >= 0.3 is 48.4 Å². The van der Waals surface area contributed by atoms with Crippen LogP contribution >= 0.6 is 0 Å². The van der Waals surface area contributed by atoms with Gasteiger partial charge in [-0.2, -0.15) is 0 Å². The second-order valence-electron chi connectivity index (χ2n) is 0.217. The molecule has 0 heterocycles. The molecule has 0 amide bonds. The minimum Gasteiger partial charge on any atom is -0.870 e. The summed E-state index contributed by atoms with van der Waals surface area (Å²) in [5.41, 5.74) is 0. The Bertz CT molecular complexity index is 34.7. The quantitative estimate of drug-likeness (QED) is 0.259. The van der Waals surface area contributed by atoms with E-state index in [4.69, 9.17) is 13.3 Å². The van der Waals surface area contributed by atoms with Crippen molar-refractivity contribution in [1.29, 1.82) is 0 Å². The predicted molar refractivity (Wildman–Crippen MR) is 13.5 cm³/mol. The Morgan fingerprint density at radius 3 is 1.57 bits per heavy atom. The Balaban J connectivity index is -0.0000000150. The van der Waals surface area contributed by atoms with Crippen LogP contribution in [0.3, 0.4) is 0 Å². The van der Waals surface area contributed by atoms with Crippen LogP contribution < -0.4 is 48.4 Å². The molecule has 0 aliphatic carbocycles. The number of hydrogen-bond acceptors (Lipinski definition) is 3. The van der Waals surface area contributed by atoms with Gasteiger partial charge in [-0.1, -0.05) is 0 Å². The first kappa shape index (κ1) is 23.4. The second-order valence-corrected chi connectivity index (χ2v) is 0.651. The van der Waals surface area contributed by atoms with Crippen LogP contribution in [0.25, 0.3) is 0 Å². The summed E-state index contributed by atoms with van der Waals surface area (Å²) in [6, 6.07) is 0. The molecule has 7 heteroatoms. The molecule has 0 rings (SSSR count). The van der Waals surface area contributed by atoms with Gasteiger partial charge in [-0.15, -0.1) is 0 Å². The predicted octanol–water partition coefficient (Wildman–Crippen LogP) is -6.83. The van der Waals surface area contributed by atoms with E-state index in [0.29, 0.717) is 0 Å². The summed E-state index contributed by atoms with van der Waals surface area (Å²) < 4.78 is 24.1. The van der Waals surface area contributed by atoms with Crippen molar-refractivity contribution in [1.82, 2.24) is 0 Å². The van der Waals surface area contributed by atoms with Gasteiger partial charge < -0.3 is 14.6 Å². The Hall–Kier alpha value is 1.63. The van der Waals surface area contributed by atoms with E-state index in [0.717, 1.165) is 0 Å². The summed E-state index contributed by atoms with van der Waals surface area (Å²) in [7, 11) is 0. The van der Waals surface area contributed by atoms with Gasteiger partial charge in [0.1, 0.15) is 0 Å². The average molecular weight is 128 g/mol. The fourth-order valence-corrected chi connectivity index (χ4v) is 0. The summed E-state index contributed by atoms with van der Waals surface area (Å²) in [6.07, 6.45) is 0. The molecule has 0 aliphatic rings. The Morgan fingerprint density at radius 2 is 1.57 bits per heavy atom. The monoisotopic (exact) mass is 128 g/mol. The third-order valence-electron chi connectivity index (χ3n) is 0. The maximum absolute atomic E-state index is 8.56. The van der Waals surface area contributed by atoms with Gasteiger partial charge in [-0.05, 0) is 0 Å². The van der Waals surface area contributed by atoms with Gasteiger partial charge in [0, 0.05) is 0 Å². The third kappa shape index (κ3) is 91.2. The van der Waals surface area contributed by atoms with Crippen LogP contribution in [0, 0.1) is 0 Å². The van der Waals surface area contributed by atoms with Gasteiger partial charge in [0.2, 0.25) is 0 Å². The molecule has 1 unspecified atom stereocenters. The SMILES string of the molecule is O=S([O-])O.[Li+].[Na+].[OH-]. The second kappa shape index (κ2) is 15.6. The number of rotatable bonds is 0. The van der Waals surface area contributed by atoms with Gasteiger partial charge in [0.15, 0.2) is 0 Å². The first-order valence-corrected chi connectivity index (χ1v) is 1.55. The molecule has 0 saturated heterocycles. The molecule has 4 nitrogen and oxygen atoms in total. The molecule has 0 radical (unpaired) electrons. The van der Waals surface area contributed by atoms with Gasteiger partial charge in [-0.3, -0.25) is 0 Å². The normalized spacial score (nSPS) is 8.86. The van der Waals surface area contributed by atoms with Gasteiger partial charge in [0.05, 0.1) is 11.4 Å². The Morgan fingerprint density at radius 1 is 1.57 bits per heavy atom. The number of hydrogen-bond donors (Lipinski definition) is 1. The van der Waals surface area contributed by atoms with E-state index in [1.165, 1.54) is 0 Å². The first-order valence-electron chi connectivity index (χ1n) is 0.516. The molecule has 0 aliphatic heterocycles. The fourth-order valence-electron chi connectivity index (χ4n) is 0. The summed E-state index contributed by atoms with van der Waals surface area (Å²) in [6.45, 7) is 0. The zero-order valence-corrected chi connectivity index (χ0v) is 6.94. The summed E-state index contributed by atoms with van der Waals surface area (Å²) in [4.78, 5) is 0. The molecule has 0 fully saturated rings. The zero-order chi connectivity index (χ0) is 3.58. The minimum absolute atomic E-state index is 0. The first-order chi connectivity index (χ1) is 1.73. The van der Waals surface area contributed by atoms with Crippen LogP contribution in [-0.2, 0) is 11.4 Å². The summed E-state index contributed by atoms with van der Waals surface area (Å²) in [5.74, 6) is 0. The molecular weight excluding hydrogens is 126 g/mol. The third-order valence-corrected chi connectivity index (χ3v) is 0. The summed E-state index contributed by atoms with van der Waals surface area (Å²) in [5, 5.41) is 0. The van der Waals surface area contributed by atoms with E-state index in [1.54, 1.807) is 0 Å². The molecule has 0 aromatic carbocycles. The standard InChI is InChI=1S/Li.Na.H2O3S.H2O/c;;1-4(2)3;/h;;(H2,1,2,3);1H2/q2*+1;;/p-2. The molecule has 34 valence electrons. The van der Waals surface area contributed by atoms with Crippen molar-refractivity contribution in [3.8, 4) is 0 Å². The van der Waals surface area contributed by atoms with E-state index < -0.39 is 11.4 Å².